The molecule has 1 aromatic carbocycles. The number of rotatable bonds is 11. The lowest BCUT2D eigenvalue weighted by Crippen LogP contribution is -2.32. The van der Waals surface area contributed by atoms with Crippen molar-refractivity contribution in [3.05, 3.63) is 23.6 Å². The van der Waals surface area contributed by atoms with Crippen molar-refractivity contribution >= 4 is 23.6 Å². The number of methoxy groups -OCH3 is 3. The monoisotopic (exact) mass is 466 g/mol. The molecule has 0 saturated carbocycles. The second-order valence-corrected chi connectivity index (χ2v) is 7.71. The van der Waals surface area contributed by atoms with Crippen molar-refractivity contribution < 1.29 is 33.0 Å². The summed E-state index contributed by atoms with van der Waals surface area (Å²) < 4.78 is 26.7. The van der Waals surface area contributed by atoms with Gasteiger partial charge in [-0.2, -0.15) is 0 Å². The average Bonchev–Trinajstić information content (AvgIpc) is 3.50. The summed E-state index contributed by atoms with van der Waals surface area (Å²) in [6.07, 6.45) is 2.08. The molecule has 1 saturated heterocycles. The van der Waals surface area contributed by atoms with Gasteiger partial charge in [0, 0.05) is 18.7 Å². The van der Waals surface area contributed by atoms with Crippen LogP contribution in [0.4, 0.5) is 0 Å². The third kappa shape index (κ3) is 6.26. The van der Waals surface area contributed by atoms with Gasteiger partial charge in [-0.3, -0.25) is 9.59 Å². The molecular formula is C20H26N4O7S. The molecule has 2 aromatic rings. The third-order valence-electron chi connectivity index (χ3n) is 4.65. The number of hydrogen-bond donors (Lipinski definition) is 2. The summed E-state index contributed by atoms with van der Waals surface area (Å²) in [5.74, 6) is 0.966. The molecule has 2 amide bonds. The molecule has 32 heavy (non-hydrogen) atoms. The minimum Gasteiger partial charge on any atom is -0.493 e. The van der Waals surface area contributed by atoms with Crippen LogP contribution in [0.15, 0.2) is 21.8 Å². The Kier molecular flexibility index (Phi) is 8.56. The van der Waals surface area contributed by atoms with Gasteiger partial charge < -0.3 is 34.0 Å². The smallest absolute Gasteiger partial charge is 0.277 e. The zero-order chi connectivity index (χ0) is 22.9. The van der Waals surface area contributed by atoms with Crippen LogP contribution in [0.25, 0.3) is 0 Å². The van der Waals surface area contributed by atoms with E-state index in [1.54, 1.807) is 12.1 Å². The number of carbonyl (C=O) groups is 2. The van der Waals surface area contributed by atoms with Gasteiger partial charge >= 0.3 is 0 Å². The van der Waals surface area contributed by atoms with Crippen molar-refractivity contribution in [2.45, 2.75) is 30.7 Å². The van der Waals surface area contributed by atoms with Crippen molar-refractivity contribution in [2.24, 2.45) is 0 Å². The number of carbonyl (C=O) groups excluding carboxylic acids is 2. The maximum atomic E-state index is 12.5. The minimum atomic E-state index is -0.384. The van der Waals surface area contributed by atoms with Crippen molar-refractivity contribution in [3.63, 3.8) is 0 Å². The Balaban J connectivity index is 1.48. The predicted octanol–water partition coefficient (Wildman–Crippen LogP) is 1.41. The van der Waals surface area contributed by atoms with E-state index >= 15 is 0 Å². The van der Waals surface area contributed by atoms with Crippen LogP contribution in [-0.2, 0) is 16.1 Å². The fourth-order valence-electron chi connectivity index (χ4n) is 3.05. The maximum absolute atomic E-state index is 12.5. The summed E-state index contributed by atoms with van der Waals surface area (Å²) >= 11 is 1.12. The van der Waals surface area contributed by atoms with Crippen molar-refractivity contribution in [1.82, 2.24) is 20.8 Å². The number of benzene rings is 1. The van der Waals surface area contributed by atoms with Crippen LogP contribution in [0.2, 0.25) is 0 Å². The van der Waals surface area contributed by atoms with Gasteiger partial charge in [0.25, 0.3) is 11.1 Å². The van der Waals surface area contributed by atoms with Gasteiger partial charge in [-0.05, 0) is 25.0 Å². The summed E-state index contributed by atoms with van der Waals surface area (Å²) in [7, 11) is 4.43. The standard InChI is InChI=1S/C20H26N4O7S/c1-27-14-7-12(8-15(28-2)18(14)29-3)19(26)22-10-17-23-24-20(31-17)32-11-16(25)21-9-13-5-4-6-30-13/h7-8,13H,4-6,9-11H2,1-3H3,(H,21,25)(H,22,26)/t13-/m1/s1. The summed E-state index contributed by atoms with van der Waals surface area (Å²) in [6.45, 7) is 1.27. The SMILES string of the molecule is COc1cc(C(=O)NCc2nnc(SCC(=O)NC[C@H]3CCCO3)o2)cc(OC)c1OC. The zero-order valence-corrected chi connectivity index (χ0v) is 19.0. The first-order valence-corrected chi connectivity index (χ1v) is 10.9. The number of hydrogen-bond acceptors (Lipinski definition) is 10. The number of aromatic nitrogens is 2. The van der Waals surface area contributed by atoms with Crippen molar-refractivity contribution in [1.29, 1.82) is 0 Å². The van der Waals surface area contributed by atoms with Gasteiger partial charge in [-0.1, -0.05) is 11.8 Å². The van der Waals surface area contributed by atoms with Crippen LogP contribution < -0.4 is 24.8 Å². The Morgan fingerprint density at radius 3 is 2.50 bits per heavy atom. The normalized spacial score (nSPS) is 15.3. The Hall–Kier alpha value is -2.99. The number of thioether (sulfide) groups is 1. The van der Waals surface area contributed by atoms with E-state index in [4.69, 9.17) is 23.4 Å². The predicted molar refractivity (Wildman–Crippen MR) is 114 cm³/mol. The summed E-state index contributed by atoms with van der Waals surface area (Å²) in [5, 5.41) is 13.5. The van der Waals surface area contributed by atoms with Crippen LogP contribution in [-0.4, -0.2) is 68.3 Å². The number of nitrogens with zero attached hydrogens (tertiary/aromatic N) is 2. The fraction of sp³-hybridized carbons (Fsp3) is 0.500. The Labute approximate surface area is 189 Å². The Bertz CT molecular complexity index is 905. The van der Waals surface area contributed by atoms with Crippen LogP contribution >= 0.6 is 11.8 Å². The molecule has 174 valence electrons. The first kappa shape index (κ1) is 23.7. The van der Waals surface area contributed by atoms with Crippen LogP contribution in [0.1, 0.15) is 29.1 Å². The van der Waals surface area contributed by atoms with Gasteiger partial charge in [0.05, 0.1) is 39.7 Å². The lowest BCUT2D eigenvalue weighted by Gasteiger charge is -2.13. The first-order valence-electron chi connectivity index (χ1n) is 9.95. The lowest BCUT2D eigenvalue weighted by atomic mass is 10.1. The van der Waals surface area contributed by atoms with E-state index in [1.807, 2.05) is 0 Å². The molecule has 0 aliphatic carbocycles. The molecule has 0 spiro atoms. The highest BCUT2D eigenvalue weighted by atomic mass is 32.2. The van der Waals surface area contributed by atoms with Crippen molar-refractivity contribution in [2.75, 3.05) is 40.2 Å². The molecule has 11 nitrogen and oxygen atoms in total. The molecule has 0 unspecified atom stereocenters. The molecule has 1 aliphatic heterocycles. The molecule has 2 N–H and O–H groups in total. The molecule has 1 atom stereocenters. The van der Waals surface area contributed by atoms with Gasteiger partial charge in [0.1, 0.15) is 0 Å². The number of ether oxygens (including phenoxy) is 4. The molecule has 2 heterocycles. The molecule has 1 aliphatic rings. The fourth-order valence-corrected chi connectivity index (χ4v) is 3.66. The second-order valence-electron chi connectivity index (χ2n) is 6.79. The minimum absolute atomic E-state index is 0.0221. The Morgan fingerprint density at radius 2 is 1.88 bits per heavy atom. The topological polar surface area (TPSA) is 134 Å². The second kappa shape index (κ2) is 11.6. The van der Waals surface area contributed by atoms with Gasteiger partial charge in [0.15, 0.2) is 11.5 Å². The Morgan fingerprint density at radius 1 is 1.12 bits per heavy atom. The number of amides is 2. The highest BCUT2D eigenvalue weighted by molar-refractivity contribution is 7.99. The summed E-state index contributed by atoms with van der Waals surface area (Å²) in [6, 6.07) is 3.09. The molecule has 1 aromatic heterocycles. The van der Waals surface area contributed by atoms with Gasteiger partial charge in [-0.25, -0.2) is 0 Å². The number of nitrogens with one attached hydrogen (secondary N) is 2. The molecular weight excluding hydrogens is 440 g/mol. The molecule has 0 radical (unpaired) electrons. The highest BCUT2D eigenvalue weighted by Crippen LogP contribution is 2.38. The summed E-state index contributed by atoms with van der Waals surface area (Å²) in [4.78, 5) is 24.5. The van der Waals surface area contributed by atoms with E-state index in [2.05, 4.69) is 20.8 Å². The molecule has 12 heteroatoms. The quantitative estimate of drug-likeness (QED) is 0.468. The zero-order valence-electron chi connectivity index (χ0n) is 18.1. The molecule has 1 fully saturated rings. The highest BCUT2D eigenvalue weighted by Gasteiger charge is 2.19. The van der Waals surface area contributed by atoms with Crippen LogP contribution in [0, 0.1) is 0 Å². The van der Waals surface area contributed by atoms with E-state index in [9.17, 15) is 9.59 Å². The van der Waals surface area contributed by atoms with Crippen LogP contribution in [0.5, 0.6) is 17.2 Å². The van der Waals surface area contributed by atoms with E-state index in [0.717, 1.165) is 31.2 Å². The van der Waals surface area contributed by atoms with E-state index < -0.39 is 0 Å². The molecule has 0 bridgehead atoms. The molecule has 3 rings (SSSR count). The summed E-state index contributed by atoms with van der Waals surface area (Å²) in [5.41, 5.74) is 0.316. The van der Waals surface area contributed by atoms with Gasteiger partial charge in [0.2, 0.25) is 17.5 Å². The van der Waals surface area contributed by atoms with E-state index in [0.29, 0.717) is 29.4 Å². The van der Waals surface area contributed by atoms with Crippen molar-refractivity contribution in [3.8, 4) is 17.2 Å². The average molecular weight is 467 g/mol. The maximum Gasteiger partial charge on any atom is 0.277 e. The lowest BCUT2D eigenvalue weighted by molar-refractivity contribution is -0.119. The van der Waals surface area contributed by atoms with Gasteiger partial charge in [-0.15, -0.1) is 10.2 Å². The first-order chi connectivity index (χ1) is 15.5. The van der Waals surface area contributed by atoms with E-state index in [1.165, 1.54) is 21.3 Å². The largest absolute Gasteiger partial charge is 0.493 e. The van der Waals surface area contributed by atoms with Crippen LogP contribution in [0.3, 0.4) is 0 Å². The third-order valence-corrected chi connectivity index (χ3v) is 5.47. The van der Waals surface area contributed by atoms with E-state index in [-0.39, 0.29) is 41.3 Å².